The number of rotatable bonds is 6. The van der Waals surface area contributed by atoms with Crippen LogP contribution in [-0.2, 0) is 0 Å². The van der Waals surface area contributed by atoms with Crippen LogP contribution in [0.3, 0.4) is 0 Å². The van der Waals surface area contributed by atoms with E-state index in [0.29, 0.717) is 0 Å². The molecular formula is C23H31N5O4. The van der Waals surface area contributed by atoms with Crippen LogP contribution < -0.4 is 15.1 Å². The van der Waals surface area contributed by atoms with Gasteiger partial charge in [-0.2, -0.15) is 0 Å². The predicted molar refractivity (Wildman–Crippen MR) is 126 cm³/mol. The number of nitrogens with one attached hydrogen (secondary N) is 1. The summed E-state index contributed by atoms with van der Waals surface area (Å²) in [6.45, 7) is 3.27. The molecular weight excluding hydrogens is 410 g/mol. The second-order valence-corrected chi connectivity index (χ2v) is 9.38. The van der Waals surface area contributed by atoms with Crippen molar-refractivity contribution in [3.05, 3.63) is 79.9 Å². The zero-order valence-electron chi connectivity index (χ0n) is 19.4. The van der Waals surface area contributed by atoms with Gasteiger partial charge in [0.25, 0.3) is 0 Å². The summed E-state index contributed by atoms with van der Waals surface area (Å²) in [5, 5.41) is 27.7. The van der Waals surface area contributed by atoms with Crippen LogP contribution in [0.25, 0.3) is 0 Å². The fourth-order valence-electron chi connectivity index (χ4n) is 4.71. The van der Waals surface area contributed by atoms with Crippen LogP contribution in [0, 0.1) is 25.6 Å². The number of nitrogens with zero attached hydrogens (tertiary/aromatic N) is 4. The summed E-state index contributed by atoms with van der Waals surface area (Å²) >= 11 is 0. The van der Waals surface area contributed by atoms with Crippen molar-refractivity contribution in [3.8, 4) is 0 Å². The van der Waals surface area contributed by atoms with Gasteiger partial charge in [-0.1, -0.05) is 24.3 Å². The van der Waals surface area contributed by atoms with Gasteiger partial charge in [0, 0.05) is 49.4 Å². The van der Waals surface area contributed by atoms with E-state index in [4.69, 9.17) is 0 Å². The Morgan fingerprint density at radius 3 is 1.28 bits per heavy atom. The molecule has 0 radical (unpaired) electrons. The Labute approximate surface area is 188 Å². The Balaban J connectivity index is 2.10. The molecule has 0 aliphatic carbocycles. The van der Waals surface area contributed by atoms with E-state index in [-0.39, 0.29) is 9.85 Å². The first-order valence-corrected chi connectivity index (χ1v) is 10.5. The summed E-state index contributed by atoms with van der Waals surface area (Å²) in [5.41, 5.74) is 2.22. The molecule has 172 valence electrons. The minimum Gasteiger partial charge on any atom is -0.378 e. The van der Waals surface area contributed by atoms with E-state index < -0.39 is 29.6 Å². The van der Waals surface area contributed by atoms with Crippen LogP contribution in [0.4, 0.5) is 11.4 Å². The third-order valence-electron chi connectivity index (χ3n) is 6.51. The summed E-state index contributed by atoms with van der Waals surface area (Å²) in [4.78, 5) is 27.5. The highest BCUT2D eigenvalue weighted by atomic mass is 16.6. The number of hydrogen-bond donors (Lipinski definition) is 1. The molecule has 1 N–H and O–H groups in total. The van der Waals surface area contributed by atoms with Gasteiger partial charge in [-0.05, 0) is 49.2 Å². The maximum absolute atomic E-state index is 12.2. The lowest BCUT2D eigenvalue weighted by Gasteiger charge is -2.44. The van der Waals surface area contributed by atoms with Crippen LogP contribution in [0.1, 0.15) is 37.1 Å². The van der Waals surface area contributed by atoms with E-state index in [1.807, 2.05) is 86.5 Å². The highest BCUT2D eigenvalue weighted by molar-refractivity contribution is 5.48. The van der Waals surface area contributed by atoms with E-state index >= 15 is 0 Å². The fraction of sp³-hybridized carbons (Fsp3) is 0.478. The number of nitro groups is 2. The summed E-state index contributed by atoms with van der Waals surface area (Å²) in [5.74, 6) is 0. The molecule has 1 heterocycles. The van der Waals surface area contributed by atoms with Crippen LogP contribution in [0.2, 0.25) is 0 Å². The zero-order valence-corrected chi connectivity index (χ0v) is 19.4. The molecule has 4 atom stereocenters. The molecule has 1 fully saturated rings. The minimum atomic E-state index is -1.20. The summed E-state index contributed by atoms with van der Waals surface area (Å²) in [6, 6.07) is 11.4. The van der Waals surface area contributed by atoms with Gasteiger partial charge < -0.3 is 9.80 Å². The second kappa shape index (κ2) is 8.74. The Morgan fingerprint density at radius 2 is 1.03 bits per heavy atom. The molecule has 1 saturated heterocycles. The molecule has 2 aromatic carbocycles. The van der Waals surface area contributed by atoms with Crippen LogP contribution in [0.5, 0.6) is 0 Å². The minimum absolute atomic E-state index is 0.376. The number of hydrogen-bond acceptors (Lipinski definition) is 7. The second-order valence-electron chi connectivity index (χ2n) is 9.38. The molecule has 32 heavy (non-hydrogen) atoms. The molecule has 0 saturated carbocycles. The SMILES string of the molecule is CN(C)c1ccc([C@H]2N[C@@H](c3ccc(N(C)C)cc3)[C@H]([N+](=O)[O-])C(C)(C)[C@H]2[N+](=O)[O-])cc1. The Kier molecular flexibility index (Phi) is 6.41. The van der Waals surface area contributed by atoms with Gasteiger partial charge >= 0.3 is 0 Å². The lowest BCUT2D eigenvalue weighted by Crippen LogP contribution is -2.63. The molecule has 2 aromatic rings. The molecule has 3 rings (SSSR count). The topological polar surface area (TPSA) is 105 Å². The normalized spacial score (nSPS) is 24.6. The maximum Gasteiger partial charge on any atom is 0.243 e. The summed E-state index contributed by atoms with van der Waals surface area (Å²) in [7, 11) is 7.69. The van der Waals surface area contributed by atoms with Crippen molar-refractivity contribution in [1.82, 2.24) is 5.32 Å². The van der Waals surface area contributed by atoms with Crippen LogP contribution in [-0.4, -0.2) is 50.1 Å². The van der Waals surface area contributed by atoms with Gasteiger partial charge in [0.1, 0.15) is 17.5 Å². The quantitative estimate of drug-likeness (QED) is 0.540. The molecule has 0 amide bonds. The smallest absolute Gasteiger partial charge is 0.243 e. The van der Waals surface area contributed by atoms with Crippen LogP contribution >= 0.6 is 0 Å². The van der Waals surface area contributed by atoms with Crippen molar-refractivity contribution in [2.75, 3.05) is 38.0 Å². The highest BCUT2D eigenvalue weighted by Gasteiger charge is 2.62. The molecule has 9 nitrogen and oxygen atoms in total. The summed E-state index contributed by atoms with van der Waals surface area (Å²) in [6.07, 6.45) is 0. The maximum atomic E-state index is 12.2. The Bertz CT molecular complexity index is 895. The fourth-order valence-corrected chi connectivity index (χ4v) is 4.71. The monoisotopic (exact) mass is 441 g/mol. The van der Waals surface area contributed by atoms with Gasteiger partial charge in [0.05, 0.1) is 0 Å². The number of piperidine rings is 1. The van der Waals surface area contributed by atoms with Crippen molar-refractivity contribution in [1.29, 1.82) is 0 Å². The third kappa shape index (κ3) is 4.25. The first-order chi connectivity index (χ1) is 14.9. The van der Waals surface area contributed by atoms with Crippen LogP contribution in [0.15, 0.2) is 48.5 Å². The van der Waals surface area contributed by atoms with Gasteiger partial charge in [-0.25, -0.2) is 0 Å². The van der Waals surface area contributed by atoms with Crippen molar-refractivity contribution < 1.29 is 9.85 Å². The molecule has 9 heteroatoms. The van der Waals surface area contributed by atoms with E-state index in [9.17, 15) is 20.2 Å². The van der Waals surface area contributed by atoms with Gasteiger partial charge in [-0.3, -0.25) is 25.5 Å². The molecule has 0 bridgehead atoms. The molecule has 0 unspecified atom stereocenters. The third-order valence-corrected chi connectivity index (χ3v) is 6.51. The molecule has 0 aromatic heterocycles. The van der Waals surface area contributed by atoms with Crippen molar-refractivity contribution in [3.63, 3.8) is 0 Å². The molecule has 0 spiro atoms. The van der Waals surface area contributed by atoms with Crippen molar-refractivity contribution >= 4 is 11.4 Å². The van der Waals surface area contributed by atoms with E-state index in [1.165, 1.54) is 0 Å². The van der Waals surface area contributed by atoms with Crippen molar-refractivity contribution in [2.24, 2.45) is 5.41 Å². The van der Waals surface area contributed by atoms with Gasteiger partial charge in [0.15, 0.2) is 0 Å². The van der Waals surface area contributed by atoms with Gasteiger partial charge in [0.2, 0.25) is 12.1 Å². The van der Waals surface area contributed by atoms with Gasteiger partial charge in [-0.15, -0.1) is 0 Å². The Hall–Kier alpha value is -3.20. The average molecular weight is 442 g/mol. The zero-order chi connectivity index (χ0) is 23.8. The standard InChI is InChI=1S/C23H31N5O4/c1-23(2)21(27(29)30)19(15-7-11-17(12-8-15)25(3)4)24-20(22(23)28(31)32)16-9-13-18(14-10-16)26(5)6/h7-14,19-22,24H,1-6H3/t19-,20+,21-,22-/m0/s1. The number of anilines is 2. The van der Waals surface area contributed by atoms with E-state index in [2.05, 4.69) is 5.32 Å². The average Bonchev–Trinajstić information content (AvgIpc) is 2.71. The van der Waals surface area contributed by atoms with E-state index in [0.717, 1.165) is 22.5 Å². The lowest BCUT2D eigenvalue weighted by molar-refractivity contribution is -0.605. The molecule has 1 aliphatic rings. The van der Waals surface area contributed by atoms with Crippen molar-refractivity contribution in [2.45, 2.75) is 38.0 Å². The van der Waals surface area contributed by atoms with E-state index in [1.54, 1.807) is 13.8 Å². The predicted octanol–water partition coefficient (Wildman–Crippen LogP) is 3.52. The first-order valence-electron chi connectivity index (χ1n) is 10.5. The first kappa shape index (κ1) is 23.5. The summed E-state index contributed by atoms with van der Waals surface area (Å²) < 4.78 is 0. The molecule has 1 aliphatic heterocycles. The Morgan fingerprint density at radius 1 is 0.719 bits per heavy atom. The largest absolute Gasteiger partial charge is 0.378 e. The highest BCUT2D eigenvalue weighted by Crippen LogP contribution is 2.47. The lowest BCUT2D eigenvalue weighted by atomic mass is 9.66. The number of benzene rings is 2.